The molecule has 0 amide bonds. The van der Waals surface area contributed by atoms with Gasteiger partial charge in [-0.05, 0) is 42.9 Å². The molecule has 2 aromatic rings. The number of hydrogen-bond acceptors (Lipinski definition) is 4. The molecule has 0 aliphatic carbocycles. The highest BCUT2D eigenvalue weighted by atomic mass is 32.2. The van der Waals surface area contributed by atoms with Gasteiger partial charge in [0.2, 0.25) is 0 Å². The number of pyridine rings is 1. The van der Waals surface area contributed by atoms with E-state index in [1.165, 1.54) is 25.0 Å². The number of nitrogens with two attached hydrogens (primary N) is 1. The molecular formula is C15H19N3S. The summed E-state index contributed by atoms with van der Waals surface area (Å²) in [6.45, 7) is 1.01. The van der Waals surface area contributed by atoms with Gasteiger partial charge < -0.3 is 11.1 Å². The third-order valence-electron chi connectivity index (χ3n) is 3.60. The van der Waals surface area contributed by atoms with Crippen LogP contribution in [0.25, 0.3) is 10.9 Å². The molecule has 3 N–H and O–H groups in total. The number of nitrogens with zero attached hydrogens (tertiary/aromatic N) is 1. The Kier molecular flexibility index (Phi) is 3.78. The van der Waals surface area contributed by atoms with Crippen molar-refractivity contribution < 1.29 is 0 Å². The van der Waals surface area contributed by atoms with Gasteiger partial charge in [-0.3, -0.25) is 4.98 Å². The van der Waals surface area contributed by atoms with E-state index in [1.54, 1.807) is 0 Å². The minimum atomic E-state index is 0.727. The smallest absolute Gasteiger partial charge is 0.0953 e. The summed E-state index contributed by atoms with van der Waals surface area (Å²) in [4.78, 5) is 4.46. The molecule has 3 rings (SSSR count). The van der Waals surface area contributed by atoms with E-state index in [2.05, 4.69) is 22.1 Å². The Labute approximate surface area is 118 Å². The summed E-state index contributed by atoms with van der Waals surface area (Å²) in [5, 5.41) is 5.30. The molecule has 1 unspecified atom stereocenters. The van der Waals surface area contributed by atoms with Crippen LogP contribution in [0, 0.1) is 0 Å². The van der Waals surface area contributed by atoms with Crippen LogP contribution in [0.3, 0.4) is 0 Å². The Hall–Kier alpha value is -1.42. The van der Waals surface area contributed by atoms with Crippen molar-refractivity contribution >= 4 is 34.0 Å². The van der Waals surface area contributed by atoms with Crippen molar-refractivity contribution in [2.75, 3.05) is 23.3 Å². The zero-order valence-corrected chi connectivity index (χ0v) is 11.7. The van der Waals surface area contributed by atoms with E-state index in [0.717, 1.165) is 34.1 Å². The highest BCUT2D eigenvalue weighted by Crippen LogP contribution is 2.28. The van der Waals surface area contributed by atoms with E-state index in [-0.39, 0.29) is 0 Å². The second-order valence-corrected chi connectivity index (χ2v) is 6.38. The van der Waals surface area contributed by atoms with Gasteiger partial charge in [0.25, 0.3) is 0 Å². The fourth-order valence-electron chi connectivity index (χ4n) is 2.53. The van der Waals surface area contributed by atoms with Gasteiger partial charge in [-0.25, -0.2) is 0 Å². The van der Waals surface area contributed by atoms with Crippen molar-refractivity contribution in [3.05, 3.63) is 30.5 Å². The standard InChI is InChI=1S/C15H19N3S/c16-13-6-7-14(15-12(13)5-3-8-17-15)18-10-11-4-1-2-9-19-11/h3,5-8,11,18H,1-2,4,9-10,16H2. The molecule has 1 fully saturated rings. The maximum atomic E-state index is 5.99. The maximum absolute atomic E-state index is 5.99. The lowest BCUT2D eigenvalue weighted by Gasteiger charge is -2.22. The van der Waals surface area contributed by atoms with Gasteiger partial charge in [0.15, 0.2) is 0 Å². The number of nitrogen functional groups attached to an aromatic ring is 1. The van der Waals surface area contributed by atoms with Crippen molar-refractivity contribution in [3.8, 4) is 0 Å². The summed E-state index contributed by atoms with van der Waals surface area (Å²) < 4.78 is 0. The number of rotatable bonds is 3. The zero-order chi connectivity index (χ0) is 13.1. The molecule has 1 atom stereocenters. The number of anilines is 2. The van der Waals surface area contributed by atoms with Crippen LogP contribution in [-0.4, -0.2) is 22.5 Å². The van der Waals surface area contributed by atoms with Gasteiger partial charge in [0, 0.05) is 29.1 Å². The van der Waals surface area contributed by atoms with Crippen molar-refractivity contribution in [2.45, 2.75) is 24.5 Å². The van der Waals surface area contributed by atoms with Gasteiger partial charge in [-0.1, -0.05) is 6.42 Å². The summed E-state index contributed by atoms with van der Waals surface area (Å²) >= 11 is 2.08. The van der Waals surface area contributed by atoms with E-state index >= 15 is 0 Å². The average Bonchev–Trinajstić information content (AvgIpc) is 2.48. The van der Waals surface area contributed by atoms with Crippen molar-refractivity contribution in [2.24, 2.45) is 0 Å². The zero-order valence-electron chi connectivity index (χ0n) is 10.9. The second-order valence-electron chi connectivity index (χ2n) is 4.97. The minimum Gasteiger partial charge on any atom is -0.398 e. The van der Waals surface area contributed by atoms with E-state index in [1.807, 2.05) is 30.5 Å². The first kappa shape index (κ1) is 12.6. The van der Waals surface area contributed by atoms with Crippen molar-refractivity contribution in [1.82, 2.24) is 4.98 Å². The van der Waals surface area contributed by atoms with E-state index in [9.17, 15) is 0 Å². The molecule has 0 bridgehead atoms. The molecule has 4 heteroatoms. The monoisotopic (exact) mass is 273 g/mol. The summed E-state index contributed by atoms with van der Waals surface area (Å²) in [6, 6.07) is 7.95. The number of thioether (sulfide) groups is 1. The van der Waals surface area contributed by atoms with Gasteiger partial charge in [0.05, 0.1) is 11.2 Å². The molecule has 1 aliphatic heterocycles. The molecule has 3 nitrogen and oxygen atoms in total. The fraction of sp³-hybridized carbons (Fsp3) is 0.400. The highest BCUT2D eigenvalue weighted by molar-refractivity contribution is 7.99. The summed E-state index contributed by atoms with van der Waals surface area (Å²) in [5.41, 5.74) is 8.85. The average molecular weight is 273 g/mol. The summed E-state index contributed by atoms with van der Waals surface area (Å²) in [6.07, 6.45) is 5.87. The first-order valence-electron chi connectivity index (χ1n) is 6.83. The van der Waals surface area contributed by atoms with Crippen molar-refractivity contribution in [1.29, 1.82) is 0 Å². The van der Waals surface area contributed by atoms with Gasteiger partial charge in [0.1, 0.15) is 0 Å². The van der Waals surface area contributed by atoms with Crippen LogP contribution < -0.4 is 11.1 Å². The Balaban J connectivity index is 1.79. The predicted octanol–water partition coefficient (Wildman–Crippen LogP) is 3.51. The van der Waals surface area contributed by atoms with Crippen molar-refractivity contribution in [3.63, 3.8) is 0 Å². The Morgan fingerprint density at radius 2 is 2.26 bits per heavy atom. The van der Waals surface area contributed by atoms with E-state index in [0.29, 0.717) is 0 Å². The van der Waals surface area contributed by atoms with E-state index in [4.69, 9.17) is 5.73 Å². The largest absolute Gasteiger partial charge is 0.398 e. The molecule has 0 spiro atoms. The lowest BCUT2D eigenvalue weighted by molar-refractivity contribution is 0.678. The normalized spacial score (nSPS) is 19.5. The molecule has 1 aromatic carbocycles. The van der Waals surface area contributed by atoms with Gasteiger partial charge in [-0.2, -0.15) is 11.8 Å². The van der Waals surface area contributed by atoms with Crippen LogP contribution in [0.1, 0.15) is 19.3 Å². The second kappa shape index (κ2) is 5.70. The molecule has 100 valence electrons. The fourth-order valence-corrected chi connectivity index (χ4v) is 3.77. The molecular weight excluding hydrogens is 254 g/mol. The molecule has 1 aliphatic rings. The number of benzene rings is 1. The SMILES string of the molecule is Nc1ccc(NCC2CCCCS2)c2ncccc12. The molecule has 2 heterocycles. The highest BCUT2D eigenvalue weighted by Gasteiger charge is 2.14. The summed E-state index contributed by atoms with van der Waals surface area (Å²) in [5.74, 6) is 1.30. The molecule has 0 radical (unpaired) electrons. The molecule has 0 saturated carbocycles. The molecule has 19 heavy (non-hydrogen) atoms. The van der Waals surface area contributed by atoms with Crippen LogP contribution in [-0.2, 0) is 0 Å². The lowest BCUT2D eigenvalue weighted by Crippen LogP contribution is -2.20. The number of hydrogen-bond donors (Lipinski definition) is 2. The Morgan fingerprint density at radius 1 is 1.32 bits per heavy atom. The van der Waals surface area contributed by atoms with E-state index < -0.39 is 0 Å². The van der Waals surface area contributed by atoms with Gasteiger partial charge in [-0.15, -0.1) is 0 Å². The Bertz CT molecular complexity index is 564. The van der Waals surface area contributed by atoms with Crippen LogP contribution in [0.5, 0.6) is 0 Å². The van der Waals surface area contributed by atoms with Crippen LogP contribution >= 0.6 is 11.8 Å². The number of nitrogens with one attached hydrogen (secondary N) is 1. The third-order valence-corrected chi connectivity index (χ3v) is 5.00. The minimum absolute atomic E-state index is 0.727. The number of aromatic nitrogens is 1. The lowest BCUT2D eigenvalue weighted by atomic mass is 10.1. The predicted molar refractivity (Wildman–Crippen MR) is 84.7 cm³/mol. The first-order chi connectivity index (χ1) is 9.34. The Morgan fingerprint density at radius 3 is 3.11 bits per heavy atom. The molecule has 1 aromatic heterocycles. The van der Waals surface area contributed by atoms with Crippen LogP contribution in [0.4, 0.5) is 11.4 Å². The number of fused-ring (bicyclic) bond motifs is 1. The first-order valence-corrected chi connectivity index (χ1v) is 7.88. The van der Waals surface area contributed by atoms with Crippen LogP contribution in [0.15, 0.2) is 30.5 Å². The van der Waals surface area contributed by atoms with Crippen LogP contribution in [0.2, 0.25) is 0 Å². The summed E-state index contributed by atoms with van der Waals surface area (Å²) in [7, 11) is 0. The quantitative estimate of drug-likeness (QED) is 0.840. The maximum Gasteiger partial charge on any atom is 0.0953 e. The topological polar surface area (TPSA) is 50.9 Å². The van der Waals surface area contributed by atoms with Gasteiger partial charge >= 0.3 is 0 Å². The third kappa shape index (κ3) is 2.78. The molecule has 1 saturated heterocycles.